The van der Waals surface area contributed by atoms with Gasteiger partial charge in [-0.2, -0.15) is 0 Å². The van der Waals surface area contributed by atoms with Crippen molar-refractivity contribution in [2.24, 2.45) is 0 Å². The molecule has 1 aromatic heterocycles. The third-order valence-electron chi connectivity index (χ3n) is 1.63. The molecule has 2 N–H and O–H groups in total. The van der Waals surface area contributed by atoms with Gasteiger partial charge in [0.05, 0.1) is 18.1 Å². The Morgan fingerprint density at radius 1 is 1.62 bits per heavy atom. The monoisotopic (exact) mass is 226 g/mol. The van der Waals surface area contributed by atoms with Crippen molar-refractivity contribution in [3.8, 4) is 5.75 Å². The third-order valence-corrected chi connectivity index (χ3v) is 1.63. The first kappa shape index (κ1) is 11.7. The van der Waals surface area contributed by atoms with Crippen LogP contribution in [-0.4, -0.2) is 22.9 Å². The molecule has 0 radical (unpaired) electrons. The molecular weight excluding hydrogens is 216 g/mol. The third kappa shape index (κ3) is 2.80. The number of aromatic nitrogens is 1. The van der Waals surface area contributed by atoms with Crippen molar-refractivity contribution in [2.75, 3.05) is 12.5 Å². The number of nitrogens with zero attached hydrogens (tertiary/aromatic N) is 2. The number of nitro groups is 1. The molecule has 0 spiro atoms. The van der Waals surface area contributed by atoms with E-state index in [0.29, 0.717) is 0 Å². The summed E-state index contributed by atoms with van der Waals surface area (Å²) in [6, 6.07) is 1.21. The van der Waals surface area contributed by atoms with Gasteiger partial charge in [0.2, 0.25) is 5.91 Å². The molecule has 86 valence electrons. The quantitative estimate of drug-likeness (QED) is 0.570. The molecule has 0 aliphatic carbocycles. The first-order valence-corrected chi connectivity index (χ1v) is 4.25. The minimum atomic E-state index is -0.586. The molecule has 0 bridgehead atoms. The van der Waals surface area contributed by atoms with Crippen molar-refractivity contribution in [3.05, 3.63) is 22.4 Å². The maximum atomic E-state index is 10.6. The summed E-state index contributed by atoms with van der Waals surface area (Å²) in [5, 5.41) is 10.5. The topological polar surface area (TPSA) is 106 Å². The van der Waals surface area contributed by atoms with E-state index >= 15 is 0 Å². The van der Waals surface area contributed by atoms with Gasteiger partial charge in [0, 0.05) is 6.92 Å². The van der Waals surface area contributed by atoms with Gasteiger partial charge in [0.25, 0.3) is 5.69 Å². The Hall–Kier alpha value is -2.38. The van der Waals surface area contributed by atoms with Crippen LogP contribution in [0.1, 0.15) is 6.92 Å². The maximum absolute atomic E-state index is 10.6. The van der Waals surface area contributed by atoms with Crippen LogP contribution in [0, 0.1) is 10.1 Å². The van der Waals surface area contributed by atoms with E-state index in [1.54, 1.807) is 0 Å². The van der Waals surface area contributed by atoms with Gasteiger partial charge in [-0.3, -0.25) is 25.8 Å². The minimum absolute atomic E-state index is 0.169. The zero-order valence-corrected chi connectivity index (χ0v) is 8.68. The van der Waals surface area contributed by atoms with Crippen LogP contribution in [0.5, 0.6) is 5.75 Å². The number of hydrogen-bond donors (Lipinski definition) is 2. The Bertz CT molecular complexity index is 420. The molecule has 16 heavy (non-hydrogen) atoms. The largest absolute Gasteiger partial charge is 0.493 e. The van der Waals surface area contributed by atoms with Crippen LogP contribution in [0.3, 0.4) is 0 Å². The number of amides is 1. The molecule has 0 atom stereocenters. The molecule has 0 aromatic carbocycles. The number of nitrogens with one attached hydrogen (secondary N) is 2. The summed E-state index contributed by atoms with van der Waals surface area (Å²) < 4.78 is 4.89. The molecule has 0 fully saturated rings. The Morgan fingerprint density at radius 2 is 2.31 bits per heavy atom. The maximum Gasteiger partial charge on any atom is 0.291 e. The Balaban J connectivity index is 2.93. The van der Waals surface area contributed by atoms with Crippen molar-refractivity contribution in [1.29, 1.82) is 0 Å². The van der Waals surface area contributed by atoms with Crippen molar-refractivity contribution in [2.45, 2.75) is 6.92 Å². The number of pyridine rings is 1. The minimum Gasteiger partial charge on any atom is -0.493 e. The summed E-state index contributed by atoms with van der Waals surface area (Å²) in [5.41, 5.74) is 4.57. The molecule has 1 aromatic rings. The highest BCUT2D eigenvalue weighted by Crippen LogP contribution is 2.25. The van der Waals surface area contributed by atoms with Crippen molar-refractivity contribution >= 4 is 17.4 Å². The van der Waals surface area contributed by atoms with Crippen LogP contribution in [0.15, 0.2) is 12.3 Å². The van der Waals surface area contributed by atoms with Crippen molar-refractivity contribution in [1.82, 2.24) is 10.4 Å². The molecule has 1 amide bonds. The molecule has 1 rings (SSSR count). The second-order valence-electron chi connectivity index (χ2n) is 2.81. The van der Waals surface area contributed by atoms with Crippen LogP contribution in [0.4, 0.5) is 11.5 Å². The van der Waals surface area contributed by atoms with Gasteiger partial charge in [-0.25, -0.2) is 4.98 Å². The highest BCUT2D eigenvalue weighted by atomic mass is 16.6. The van der Waals surface area contributed by atoms with Crippen LogP contribution < -0.4 is 15.6 Å². The van der Waals surface area contributed by atoms with Gasteiger partial charge in [-0.05, 0) is 0 Å². The average molecular weight is 226 g/mol. The zero-order chi connectivity index (χ0) is 12.1. The van der Waals surface area contributed by atoms with E-state index in [-0.39, 0.29) is 23.2 Å². The molecule has 1 heterocycles. The van der Waals surface area contributed by atoms with Crippen LogP contribution in [0.25, 0.3) is 0 Å². The molecule has 8 heteroatoms. The SMILES string of the molecule is COc1cc([N+](=O)[O-])cnc1NNC(C)=O. The van der Waals surface area contributed by atoms with Gasteiger partial charge in [0.1, 0.15) is 6.20 Å². The molecule has 0 aliphatic heterocycles. The second-order valence-corrected chi connectivity index (χ2v) is 2.81. The Kier molecular flexibility index (Phi) is 3.59. The lowest BCUT2D eigenvalue weighted by molar-refractivity contribution is -0.385. The number of hydrazine groups is 1. The first-order valence-electron chi connectivity index (χ1n) is 4.25. The van der Waals surface area contributed by atoms with E-state index in [2.05, 4.69) is 15.8 Å². The van der Waals surface area contributed by atoms with Gasteiger partial charge >= 0.3 is 0 Å². The van der Waals surface area contributed by atoms with Crippen molar-refractivity contribution < 1.29 is 14.5 Å². The molecule has 0 saturated carbocycles. The molecular formula is C8H10N4O4. The van der Waals surface area contributed by atoms with E-state index in [4.69, 9.17) is 4.74 Å². The van der Waals surface area contributed by atoms with E-state index in [1.807, 2.05) is 0 Å². The van der Waals surface area contributed by atoms with E-state index in [9.17, 15) is 14.9 Å². The number of ether oxygens (including phenoxy) is 1. The highest BCUT2D eigenvalue weighted by molar-refractivity contribution is 5.74. The predicted molar refractivity (Wildman–Crippen MR) is 54.9 cm³/mol. The molecule has 0 unspecified atom stereocenters. The number of rotatable bonds is 4. The van der Waals surface area contributed by atoms with E-state index in [0.717, 1.165) is 6.20 Å². The lowest BCUT2D eigenvalue weighted by Gasteiger charge is -2.09. The van der Waals surface area contributed by atoms with E-state index < -0.39 is 4.92 Å². The summed E-state index contributed by atoms with van der Waals surface area (Å²) in [4.78, 5) is 24.3. The fraction of sp³-hybridized carbons (Fsp3) is 0.250. The lowest BCUT2D eigenvalue weighted by Crippen LogP contribution is -2.27. The fourth-order valence-corrected chi connectivity index (χ4v) is 0.931. The summed E-state index contributed by atoms with van der Waals surface area (Å²) in [6.45, 7) is 1.31. The Morgan fingerprint density at radius 3 is 2.81 bits per heavy atom. The highest BCUT2D eigenvalue weighted by Gasteiger charge is 2.12. The van der Waals surface area contributed by atoms with Gasteiger partial charge in [-0.1, -0.05) is 0 Å². The summed E-state index contributed by atoms with van der Waals surface area (Å²) in [7, 11) is 1.35. The predicted octanol–water partition coefficient (Wildman–Crippen LogP) is 0.461. The average Bonchev–Trinajstić information content (AvgIpc) is 2.25. The fourth-order valence-electron chi connectivity index (χ4n) is 0.931. The van der Waals surface area contributed by atoms with Crippen LogP contribution >= 0.6 is 0 Å². The number of carbonyl (C=O) groups excluding carboxylic acids is 1. The number of anilines is 1. The number of hydrogen-bond acceptors (Lipinski definition) is 6. The van der Waals surface area contributed by atoms with Gasteiger partial charge in [-0.15, -0.1) is 0 Å². The number of carbonyl (C=O) groups is 1. The number of methoxy groups -OCH3 is 1. The summed E-state index contributed by atoms with van der Waals surface area (Å²) in [6.07, 6.45) is 1.06. The zero-order valence-electron chi connectivity index (χ0n) is 8.68. The molecule has 8 nitrogen and oxygen atoms in total. The van der Waals surface area contributed by atoms with Crippen molar-refractivity contribution in [3.63, 3.8) is 0 Å². The molecule has 0 saturated heterocycles. The van der Waals surface area contributed by atoms with Crippen LogP contribution in [0.2, 0.25) is 0 Å². The normalized spacial score (nSPS) is 9.38. The van der Waals surface area contributed by atoms with E-state index in [1.165, 1.54) is 20.1 Å². The van der Waals surface area contributed by atoms with Gasteiger partial charge < -0.3 is 4.74 Å². The molecule has 0 aliphatic rings. The van der Waals surface area contributed by atoms with Crippen LogP contribution in [-0.2, 0) is 4.79 Å². The lowest BCUT2D eigenvalue weighted by atomic mass is 10.4. The summed E-state index contributed by atoms with van der Waals surface area (Å²) >= 11 is 0. The second kappa shape index (κ2) is 4.91. The Labute approximate surface area is 90.7 Å². The standard InChI is InChI=1S/C8H10N4O4/c1-5(13)10-11-8-7(16-2)3-6(4-9-8)12(14)15/h3-4H,1-2H3,(H,9,11)(H,10,13). The summed E-state index contributed by atoms with van der Waals surface area (Å²) in [5.74, 6) is 0.0495. The van der Waals surface area contributed by atoms with Gasteiger partial charge in [0.15, 0.2) is 11.6 Å². The first-order chi connectivity index (χ1) is 7.54. The smallest absolute Gasteiger partial charge is 0.291 e.